The van der Waals surface area contributed by atoms with E-state index < -0.39 is 10.0 Å². The van der Waals surface area contributed by atoms with Gasteiger partial charge in [-0.2, -0.15) is 0 Å². The highest BCUT2D eigenvalue weighted by molar-refractivity contribution is 7.92. The van der Waals surface area contributed by atoms with Crippen LogP contribution in [0.1, 0.15) is 5.69 Å². The first-order valence-corrected chi connectivity index (χ1v) is 10.1. The molecule has 0 saturated carbocycles. The quantitative estimate of drug-likeness (QED) is 0.551. The van der Waals surface area contributed by atoms with E-state index in [0.29, 0.717) is 5.75 Å². The van der Waals surface area contributed by atoms with Crippen LogP contribution in [0.25, 0.3) is 0 Å². The Morgan fingerprint density at radius 1 is 1.04 bits per heavy atom. The molecule has 27 heavy (non-hydrogen) atoms. The van der Waals surface area contributed by atoms with E-state index in [0.717, 1.165) is 5.69 Å². The van der Waals surface area contributed by atoms with Gasteiger partial charge in [0, 0.05) is 6.20 Å². The zero-order chi connectivity index (χ0) is 19.4. The lowest BCUT2D eigenvalue weighted by molar-refractivity contribution is 0.301. The number of aromatic nitrogens is 2. The standard InChI is InChI=1S/C17H12Cl3N3O3S/c18-13-9-11(4-5-14(13)26-10-12-3-1-2-8-21-12)23-27(24,25)15-6-7-16(19)22-17(15)20/h1-9,23H,10H2. The molecule has 1 N–H and O–H groups in total. The minimum Gasteiger partial charge on any atom is -0.486 e. The molecule has 0 saturated heterocycles. The fourth-order valence-corrected chi connectivity index (χ4v) is 4.07. The molecule has 1 aromatic carbocycles. The van der Waals surface area contributed by atoms with E-state index in [9.17, 15) is 8.42 Å². The lowest BCUT2D eigenvalue weighted by Crippen LogP contribution is -2.14. The van der Waals surface area contributed by atoms with E-state index in [1.165, 1.54) is 24.3 Å². The second-order valence-electron chi connectivity index (χ2n) is 5.28. The number of sulfonamides is 1. The summed E-state index contributed by atoms with van der Waals surface area (Å²) in [5, 5.41) is 0.110. The molecule has 2 aromatic heterocycles. The van der Waals surface area contributed by atoms with Crippen molar-refractivity contribution in [2.24, 2.45) is 0 Å². The molecule has 6 nitrogen and oxygen atoms in total. The molecule has 0 aliphatic carbocycles. The SMILES string of the molecule is O=S(=O)(Nc1ccc(OCc2ccccn2)c(Cl)c1)c1ccc(Cl)nc1Cl. The summed E-state index contributed by atoms with van der Waals surface area (Å²) in [4.78, 5) is 7.68. The van der Waals surface area contributed by atoms with Gasteiger partial charge < -0.3 is 4.74 Å². The third-order valence-corrected chi connectivity index (χ3v) is 5.67. The van der Waals surface area contributed by atoms with Crippen LogP contribution in [0.4, 0.5) is 5.69 Å². The van der Waals surface area contributed by atoms with E-state index in [4.69, 9.17) is 39.5 Å². The maximum Gasteiger partial charge on any atom is 0.264 e. The van der Waals surface area contributed by atoms with E-state index in [1.807, 2.05) is 12.1 Å². The van der Waals surface area contributed by atoms with Gasteiger partial charge in [0.25, 0.3) is 10.0 Å². The molecule has 3 rings (SSSR count). The number of halogens is 3. The molecule has 2 heterocycles. The third kappa shape index (κ3) is 5.01. The summed E-state index contributed by atoms with van der Waals surface area (Å²) in [6, 6.07) is 12.6. The predicted molar refractivity (Wildman–Crippen MR) is 105 cm³/mol. The molecule has 140 valence electrons. The fraction of sp³-hybridized carbons (Fsp3) is 0.0588. The smallest absolute Gasteiger partial charge is 0.264 e. The fourth-order valence-electron chi connectivity index (χ4n) is 2.13. The van der Waals surface area contributed by atoms with Crippen LogP contribution in [0.15, 0.2) is 59.6 Å². The third-order valence-electron chi connectivity index (χ3n) is 3.36. The Morgan fingerprint density at radius 3 is 2.52 bits per heavy atom. The second-order valence-corrected chi connectivity index (χ2v) is 8.09. The highest BCUT2D eigenvalue weighted by Crippen LogP contribution is 2.30. The number of nitrogens with one attached hydrogen (secondary N) is 1. The largest absolute Gasteiger partial charge is 0.486 e. The number of anilines is 1. The van der Waals surface area contributed by atoms with Crippen molar-refractivity contribution in [2.75, 3.05) is 4.72 Å². The van der Waals surface area contributed by atoms with Crippen LogP contribution in [-0.4, -0.2) is 18.4 Å². The summed E-state index contributed by atoms with van der Waals surface area (Å²) in [6.07, 6.45) is 1.66. The maximum absolute atomic E-state index is 12.5. The minimum atomic E-state index is -3.96. The van der Waals surface area contributed by atoms with Crippen LogP contribution in [0.5, 0.6) is 5.75 Å². The predicted octanol–water partition coefficient (Wildman–Crippen LogP) is 4.82. The summed E-state index contributed by atoms with van der Waals surface area (Å²) in [5.41, 5.74) is 0.986. The molecule has 0 radical (unpaired) electrons. The number of hydrogen-bond acceptors (Lipinski definition) is 5. The molecule has 0 amide bonds. The van der Waals surface area contributed by atoms with Gasteiger partial charge in [-0.15, -0.1) is 0 Å². The van der Waals surface area contributed by atoms with Gasteiger partial charge in [-0.25, -0.2) is 13.4 Å². The summed E-state index contributed by atoms with van der Waals surface area (Å²) in [6.45, 7) is 0.234. The molecule has 0 unspecified atom stereocenters. The van der Waals surface area contributed by atoms with Gasteiger partial charge in [0.2, 0.25) is 0 Å². The molecule has 0 atom stereocenters. The van der Waals surface area contributed by atoms with Gasteiger partial charge in [0.05, 0.1) is 16.4 Å². The first-order chi connectivity index (χ1) is 12.8. The van der Waals surface area contributed by atoms with Gasteiger partial charge in [0.15, 0.2) is 5.15 Å². The molecule has 10 heteroatoms. The van der Waals surface area contributed by atoms with Crippen molar-refractivity contribution in [3.8, 4) is 5.75 Å². The normalized spacial score (nSPS) is 11.2. The zero-order valence-electron chi connectivity index (χ0n) is 13.6. The lowest BCUT2D eigenvalue weighted by atomic mass is 10.3. The highest BCUT2D eigenvalue weighted by Gasteiger charge is 2.20. The molecular formula is C17H12Cl3N3O3S. The molecule has 0 spiro atoms. The van der Waals surface area contributed by atoms with Crippen LogP contribution in [-0.2, 0) is 16.6 Å². The number of rotatable bonds is 6. The molecular weight excluding hydrogens is 433 g/mol. The van der Waals surface area contributed by atoms with Crippen molar-refractivity contribution in [3.05, 3.63) is 75.8 Å². The summed E-state index contributed by atoms with van der Waals surface area (Å²) >= 11 is 17.7. The van der Waals surface area contributed by atoms with E-state index in [2.05, 4.69) is 14.7 Å². The summed E-state index contributed by atoms with van der Waals surface area (Å²) < 4.78 is 33.0. The van der Waals surface area contributed by atoms with Crippen LogP contribution in [0, 0.1) is 0 Å². The number of benzene rings is 1. The second kappa shape index (κ2) is 8.31. The Balaban J connectivity index is 1.75. The summed E-state index contributed by atoms with van der Waals surface area (Å²) in [5.74, 6) is 0.399. The molecule has 3 aromatic rings. The van der Waals surface area contributed by atoms with Crippen LogP contribution in [0.2, 0.25) is 15.3 Å². The molecule has 0 aliphatic heterocycles. The van der Waals surface area contributed by atoms with Crippen molar-refractivity contribution >= 4 is 50.5 Å². The Labute approximate surface area is 171 Å². The van der Waals surface area contributed by atoms with Crippen molar-refractivity contribution in [3.63, 3.8) is 0 Å². The van der Waals surface area contributed by atoms with Gasteiger partial charge in [-0.05, 0) is 42.5 Å². The van der Waals surface area contributed by atoms with Crippen LogP contribution >= 0.6 is 34.8 Å². The average molecular weight is 445 g/mol. The summed E-state index contributed by atoms with van der Waals surface area (Å²) in [7, 11) is -3.96. The van der Waals surface area contributed by atoms with Crippen molar-refractivity contribution < 1.29 is 13.2 Å². The topological polar surface area (TPSA) is 81.2 Å². The van der Waals surface area contributed by atoms with E-state index >= 15 is 0 Å². The van der Waals surface area contributed by atoms with Gasteiger partial charge >= 0.3 is 0 Å². The number of pyridine rings is 2. The van der Waals surface area contributed by atoms with Gasteiger partial charge in [0.1, 0.15) is 22.4 Å². The first-order valence-electron chi connectivity index (χ1n) is 7.52. The number of ether oxygens (including phenoxy) is 1. The number of nitrogens with zero attached hydrogens (tertiary/aromatic N) is 2. The van der Waals surface area contributed by atoms with Gasteiger partial charge in [-0.1, -0.05) is 40.9 Å². The molecule has 0 bridgehead atoms. The van der Waals surface area contributed by atoms with Crippen LogP contribution < -0.4 is 9.46 Å². The Hall–Kier alpha value is -2.06. The monoisotopic (exact) mass is 443 g/mol. The Morgan fingerprint density at radius 2 is 1.85 bits per heavy atom. The lowest BCUT2D eigenvalue weighted by Gasteiger charge is -2.12. The Bertz CT molecular complexity index is 1060. The Kier molecular flexibility index (Phi) is 6.06. The molecule has 0 aliphatic rings. The van der Waals surface area contributed by atoms with Crippen molar-refractivity contribution in [1.29, 1.82) is 0 Å². The van der Waals surface area contributed by atoms with Gasteiger partial charge in [-0.3, -0.25) is 9.71 Å². The molecule has 0 fully saturated rings. The van der Waals surface area contributed by atoms with Crippen molar-refractivity contribution in [1.82, 2.24) is 9.97 Å². The minimum absolute atomic E-state index is 0.0939. The maximum atomic E-state index is 12.5. The highest BCUT2D eigenvalue weighted by atomic mass is 35.5. The van der Waals surface area contributed by atoms with Crippen LogP contribution in [0.3, 0.4) is 0 Å². The average Bonchev–Trinajstić information content (AvgIpc) is 2.61. The van der Waals surface area contributed by atoms with E-state index in [-0.39, 0.29) is 32.5 Å². The first kappa shape index (κ1) is 19.7. The van der Waals surface area contributed by atoms with E-state index in [1.54, 1.807) is 18.3 Å². The van der Waals surface area contributed by atoms with Crippen molar-refractivity contribution in [2.45, 2.75) is 11.5 Å². The zero-order valence-corrected chi connectivity index (χ0v) is 16.6. The number of hydrogen-bond donors (Lipinski definition) is 1.